The van der Waals surface area contributed by atoms with Gasteiger partial charge < -0.3 is 19.4 Å². The van der Waals surface area contributed by atoms with E-state index in [0.717, 1.165) is 68.4 Å². The molecular formula is C32H38N2O4. The SMILES string of the molecule is COc1ccc2[nH]c(C3CCCCC3)c(C=O)c2c1.COc1ccc2[nH]c(C3CCCCC3)c(C=O)c2c1. The van der Waals surface area contributed by atoms with Crippen molar-refractivity contribution in [3.05, 3.63) is 58.9 Å². The molecule has 0 spiro atoms. The molecule has 6 heteroatoms. The Bertz CT molecular complexity index is 1300. The summed E-state index contributed by atoms with van der Waals surface area (Å²) in [4.78, 5) is 29.9. The van der Waals surface area contributed by atoms with E-state index in [4.69, 9.17) is 9.47 Å². The van der Waals surface area contributed by atoms with Gasteiger partial charge in [0.05, 0.1) is 14.2 Å². The second kappa shape index (κ2) is 11.9. The molecule has 0 aliphatic heterocycles. The van der Waals surface area contributed by atoms with Gasteiger partial charge in [-0.1, -0.05) is 38.5 Å². The van der Waals surface area contributed by atoms with Crippen molar-refractivity contribution in [1.29, 1.82) is 0 Å². The maximum atomic E-state index is 11.5. The van der Waals surface area contributed by atoms with Crippen molar-refractivity contribution >= 4 is 34.4 Å². The average molecular weight is 515 g/mol. The summed E-state index contributed by atoms with van der Waals surface area (Å²) in [5.74, 6) is 2.61. The Hall–Kier alpha value is -3.54. The fraction of sp³-hybridized carbons (Fsp3) is 0.438. The van der Waals surface area contributed by atoms with Crippen LogP contribution in [0, 0.1) is 0 Å². The summed E-state index contributed by atoms with van der Waals surface area (Å²) in [6, 6.07) is 11.7. The van der Waals surface area contributed by atoms with E-state index in [1.54, 1.807) is 14.2 Å². The van der Waals surface area contributed by atoms with Crippen molar-refractivity contribution in [3.8, 4) is 11.5 Å². The van der Waals surface area contributed by atoms with Gasteiger partial charge in [0.1, 0.15) is 11.5 Å². The zero-order valence-electron chi connectivity index (χ0n) is 22.5. The molecule has 2 aliphatic rings. The number of hydrogen-bond acceptors (Lipinski definition) is 4. The lowest BCUT2D eigenvalue weighted by Gasteiger charge is -2.21. The van der Waals surface area contributed by atoms with Gasteiger partial charge in [0.2, 0.25) is 0 Å². The summed E-state index contributed by atoms with van der Waals surface area (Å²) in [7, 11) is 3.30. The van der Waals surface area contributed by atoms with E-state index in [1.165, 1.54) is 64.2 Å². The molecule has 4 aromatic rings. The van der Waals surface area contributed by atoms with Gasteiger partial charge in [0.25, 0.3) is 0 Å². The highest BCUT2D eigenvalue weighted by Gasteiger charge is 2.23. The molecule has 2 aromatic carbocycles. The maximum Gasteiger partial charge on any atom is 0.152 e. The van der Waals surface area contributed by atoms with E-state index in [-0.39, 0.29) is 0 Å². The highest BCUT2D eigenvalue weighted by atomic mass is 16.5. The summed E-state index contributed by atoms with van der Waals surface area (Å²) in [5.41, 5.74) is 5.95. The zero-order valence-corrected chi connectivity index (χ0v) is 22.5. The molecule has 38 heavy (non-hydrogen) atoms. The zero-order chi connectivity index (χ0) is 26.5. The third kappa shape index (κ3) is 5.22. The van der Waals surface area contributed by atoms with Gasteiger partial charge in [-0.3, -0.25) is 9.59 Å². The molecule has 6 rings (SSSR count). The topological polar surface area (TPSA) is 84.2 Å². The van der Waals surface area contributed by atoms with Gasteiger partial charge in [0, 0.05) is 44.3 Å². The first-order valence-electron chi connectivity index (χ1n) is 14.0. The van der Waals surface area contributed by atoms with Crippen LogP contribution in [0.3, 0.4) is 0 Å². The number of aromatic nitrogens is 2. The van der Waals surface area contributed by atoms with Crippen molar-refractivity contribution in [3.63, 3.8) is 0 Å². The molecule has 2 aromatic heterocycles. The molecule has 0 atom stereocenters. The van der Waals surface area contributed by atoms with Crippen molar-refractivity contribution in [1.82, 2.24) is 9.97 Å². The summed E-state index contributed by atoms with van der Waals surface area (Å²) in [5, 5.41) is 1.96. The van der Waals surface area contributed by atoms with Gasteiger partial charge in [-0.25, -0.2) is 0 Å². The van der Waals surface area contributed by atoms with Crippen LogP contribution in [0.1, 0.15) is 108 Å². The molecule has 2 N–H and O–H groups in total. The molecule has 2 heterocycles. The van der Waals surface area contributed by atoms with Crippen LogP contribution in [-0.2, 0) is 0 Å². The highest BCUT2D eigenvalue weighted by molar-refractivity contribution is 6.00. The van der Waals surface area contributed by atoms with E-state index in [2.05, 4.69) is 9.97 Å². The molecule has 2 fully saturated rings. The predicted octanol–water partition coefficient (Wildman–Crippen LogP) is 8.07. The van der Waals surface area contributed by atoms with Crippen LogP contribution < -0.4 is 9.47 Å². The molecule has 6 nitrogen and oxygen atoms in total. The van der Waals surface area contributed by atoms with Crippen LogP contribution in [0.2, 0.25) is 0 Å². The van der Waals surface area contributed by atoms with Crippen molar-refractivity contribution in [2.75, 3.05) is 14.2 Å². The summed E-state index contributed by atoms with van der Waals surface area (Å²) >= 11 is 0. The van der Waals surface area contributed by atoms with Gasteiger partial charge >= 0.3 is 0 Å². The van der Waals surface area contributed by atoms with Crippen LogP contribution in [0.5, 0.6) is 11.5 Å². The Morgan fingerprint density at radius 2 is 1.03 bits per heavy atom. The quantitative estimate of drug-likeness (QED) is 0.255. The molecule has 2 aliphatic carbocycles. The fourth-order valence-electron chi connectivity index (χ4n) is 6.36. The first kappa shape index (κ1) is 26.1. The summed E-state index contributed by atoms with van der Waals surface area (Å²) in [6.45, 7) is 0. The molecule has 200 valence electrons. The Labute approximate surface area is 224 Å². The Morgan fingerprint density at radius 3 is 1.37 bits per heavy atom. The van der Waals surface area contributed by atoms with E-state index < -0.39 is 0 Å². The first-order valence-corrected chi connectivity index (χ1v) is 14.0. The Balaban J connectivity index is 0.000000155. The number of fused-ring (bicyclic) bond motifs is 2. The fourth-order valence-corrected chi connectivity index (χ4v) is 6.36. The number of carbonyl (C=O) groups excluding carboxylic acids is 2. The molecule has 0 saturated heterocycles. The maximum absolute atomic E-state index is 11.5. The lowest BCUT2D eigenvalue weighted by Crippen LogP contribution is -2.06. The van der Waals surface area contributed by atoms with E-state index in [1.807, 2.05) is 36.4 Å². The van der Waals surface area contributed by atoms with Crippen molar-refractivity contribution < 1.29 is 19.1 Å². The number of H-pyrrole nitrogens is 2. The van der Waals surface area contributed by atoms with Crippen LogP contribution in [-0.4, -0.2) is 36.8 Å². The monoisotopic (exact) mass is 514 g/mol. The van der Waals surface area contributed by atoms with Crippen molar-refractivity contribution in [2.45, 2.75) is 76.0 Å². The molecule has 0 radical (unpaired) electrons. The number of methoxy groups -OCH3 is 2. The first-order chi connectivity index (χ1) is 18.7. The summed E-state index contributed by atoms with van der Waals surface area (Å²) in [6.07, 6.45) is 14.4. The number of nitrogens with one attached hydrogen (secondary N) is 2. The standard InChI is InChI=1S/2C16H19NO2/c2*1-19-12-7-8-15-13(9-12)14(10-18)16(17-15)11-5-3-2-4-6-11/h2*7-11,17H,2-6H2,1H3. The number of benzene rings is 2. The van der Waals surface area contributed by atoms with Crippen LogP contribution in [0.4, 0.5) is 0 Å². The minimum atomic E-state index is 0.507. The lowest BCUT2D eigenvalue weighted by molar-refractivity contribution is 0.111. The van der Waals surface area contributed by atoms with Gasteiger partial charge in [-0.2, -0.15) is 0 Å². The Morgan fingerprint density at radius 1 is 0.632 bits per heavy atom. The molecule has 0 bridgehead atoms. The molecule has 2 saturated carbocycles. The predicted molar refractivity (Wildman–Crippen MR) is 152 cm³/mol. The van der Waals surface area contributed by atoms with Crippen molar-refractivity contribution in [2.24, 2.45) is 0 Å². The summed E-state index contributed by atoms with van der Waals surface area (Å²) < 4.78 is 10.5. The van der Waals surface area contributed by atoms with Gasteiger partial charge in [0.15, 0.2) is 12.6 Å². The van der Waals surface area contributed by atoms with E-state index in [0.29, 0.717) is 11.8 Å². The average Bonchev–Trinajstić information content (AvgIpc) is 3.55. The van der Waals surface area contributed by atoms with E-state index in [9.17, 15) is 9.59 Å². The molecular weight excluding hydrogens is 476 g/mol. The largest absolute Gasteiger partial charge is 0.497 e. The highest BCUT2D eigenvalue weighted by Crippen LogP contribution is 2.38. The lowest BCUT2D eigenvalue weighted by atomic mass is 9.85. The molecule has 0 amide bonds. The third-order valence-electron chi connectivity index (χ3n) is 8.42. The normalized spacial score (nSPS) is 16.7. The van der Waals surface area contributed by atoms with Gasteiger partial charge in [-0.05, 0) is 73.9 Å². The number of hydrogen-bond donors (Lipinski definition) is 2. The van der Waals surface area contributed by atoms with Gasteiger partial charge in [-0.15, -0.1) is 0 Å². The molecule has 0 unspecified atom stereocenters. The second-order valence-corrected chi connectivity index (χ2v) is 10.6. The van der Waals surface area contributed by atoms with Crippen LogP contribution >= 0.6 is 0 Å². The van der Waals surface area contributed by atoms with E-state index >= 15 is 0 Å². The minimum absolute atomic E-state index is 0.507. The van der Waals surface area contributed by atoms with Crippen LogP contribution in [0.25, 0.3) is 21.8 Å². The number of aromatic amines is 2. The number of rotatable bonds is 6. The Kier molecular flexibility index (Phi) is 8.16. The second-order valence-electron chi connectivity index (χ2n) is 10.6. The smallest absolute Gasteiger partial charge is 0.152 e. The number of carbonyl (C=O) groups is 2. The number of aldehydes is 2. The third-order valence-corrected chi connectivity index (χ3v) is 8.42. The minimum Gasteiger partial charge on any atom is -0.497 e. The number of ether oxygens (including phenoxy) is 2. The van der Waals surface area contributed by atoms with Crippen LogP contribution in [0.15, 0.2) is 36.4 Å².